The van der Waals surface area contributed by atoms with Gasteiger partial charge in [0.2, 0.25) is 0 Å². The number of halogens is 4. The number of hydrogen-bond acceptors (Lipinski definition) is 2. The minimum Gasteiger partial charge on any atom is -0.481 e. The predicted octanol–water partition coefficient (Wildman–Crippen LogP) is 8.41. The molecule has 3 nitrogen and oxygen atoms in total. The molecule has 1 fully saturated rings. The first-order valence-corrected chi connectivity index (χ1v) is 13.4. The number of piperidine rings is 1. The molecule has 1 heterocycles. The van der Waals surface area contributed by atoms with Gasteiger partial charge in [-0.3, -0.25) is 9.69 Å². The van der Waals surface area contributed by atoms with Crippen molar-refractivity contribution in [2.75, 3.05) is 13.1 Å². The lowest BCUT2D eigenvalue weighted by molar-refractivity contribution is -0.139. The highest BCUT2D eigenvalue weighted by molar-refractivity contribution is 5.77. The summed E-state index contributed by atoms with van der Waals surface area (Å²) in [5, 5.41) is 10.1. The molecule has 3 aromatic carbocycles. The van der Waals surface area contributed by atoms with Gasteiger partial charge < -0.3 is 5.11 Å². The second-order valence-electron chi connectivity index (χ2n) is 11.2. The van der Waals surface area contributed by atoms with Crippen molar-refractivity contribution in [1.82, 2.24) is 4.90 Å². The first-order chi connectivity index (χ1) is 18.4. The maximum atomic E-state index is 14.0. The third kappa shape index (κ3) is 7.47. The van der Waals surface area contributed by atoms with Crippen LogP contribution in [0.25, 0.3) is 11.1 Å². The van der Waals surface area contributed by atoms with Gasteiger partial charge in [0.25, 0.3) is 0 Å². The van der Waals surface area contributed by atoms with Gasteiger partial charge in [0.05, 0.1) is 11.5 Å². The van der Waals surface area contributed by atoms with E-state index in [4.69, 9.17) is 0 Å². The molecule has 1 aliphatic heterocycles. The molecule has 39 heavy (non-hydrogen) atoms. The summed E-state index contributed by atoms with van der Waals surface area (Å²) in [6.45, 7) is 7.54. The lowest BCUT2D eigenvalue weighted by atomic mass is 9.83. The van der Waals surface area contributed by atoms with Crippen LogP contribution in [0.3, 0.4) is 0 Å². The molecule has 7 heteroatoms. The van der Waals surface area contributed by atoms with Crippen molar-refractivity contribution >= 4 is 5.97 Å². The third-order valence-electron chi connectivity index (χ3n) is 7.44. The monoisotopic (exact) mass is 541 g/mol. The molecule has 0 aromatic heterocycles. The lowest BCUT2D eigenvalue weighted by Crippen LogP contribution is -2.34. The number of carboxylic acids is 1. The molecule has 3 aromatic rings. The summed E-state index contributed by atoms with van der Waals surface area (Å²) in [5.41, 5.74) is 4.19. The van der Waals surface area contributed by atoms with Gasteiger partial charge in [0.1, 0.15) is 5.82 Å². The van der Waals surface area contributed by atoms with Gasteiger partial charge in [-0.15, -0.1) is 0 Å². The van der Waals surface area contributed by atoms with Crippen LogP contribution in [0.2, 0.25) is 0 Å². The van der Waals surface area contributed by atoms with Gasteiger partial charge in [-0.1, -0.05) is 61.9 Å². The van der Waals surface area contributed by atoms with Gasteiger partial charge in [-0.25, -0.2) is 4.39 Å². The molecule has 208 valence electrons. The van der Waals surface area contributed by atoms with Crippen molar-refractivity contribution in [2.24, 2.45) is 5.92 Å². The van der Waals surface area contributed by atoms with Crippen LogP contribution in [0.4, 0.5) is 17.6 Å². The number of aliphatic carboxylic acids is 1. The van der Waals surface area contributed by atoms with E-state index < -0.39 is 29.4 Å². The van der Waals surface area contributed by atoms with E-state index in [0.717, 1.165) is 46.7 Å². The molecule has 1 saturated heterocycles. The van der Waals surface area contributed by atoms with E-state index in [1.54, 1.807) is 0 Å². The zero-order chi connectivity index (χ0) is 28.3. The highest BCUT2D eigenvalue weighted by Crippen LogP contribution is 2.36. The number of alkyl halides is 3. The Hall–Kier alpha value is -3.19. The van der Waals surface area contributed by atoms with Crippen LogP contribution < -0.4 is 0 Å². The quantitative estimate of drug-likeness (QED) is 0.291. The molecule has 0 amide bonds. The Morgan fingerprint density at radius 1 is 1.03 bits per heavy atom. The Morgan fingerprint density at radius 3 is 2.38 bits per heavy atom. The predicted molar refractivity (Wildman–Crippen MR) is 145 cm³/mol. The average Bonchev–Trinajstić information content (AvgIpc) is 2.86. The maximum absolute atomic E-state index is 14.0. The Bertz CT molecular complexity index is 1300. The van der Waals surface area contributed by atoms with Gasteiger partial charge in [0, 0.05) is 13.1 Å². The van der Waals surface area contributed by atoms with E-state index >= 15 is 0 Å². The molecule has 1 aliphatic rings. The van der Waals surface area contributed by atoms with E-state index in [0.29, 0.717) is 31.1 Å². The van der Waals surface area contributed by atoms with Gasteiger partial charge in [-0.2, -0.15) is 13.2 Å². The second kappa shape index (κ2) is 11.9. The smallest absolute Gasteiger partial charge is 0.416 e. The number of aryl methyl sites for hydroxylation is 1. The maximum Gasteiger partial charge on any atom is 0.416 e. The van der Waals surface area contributed by atoms with E-state index in [1.807, 2.05) is 57.2 Å². The highest BCUT2D eigenvalue weighted by atomic mass is 19.4. The van der Waals surface area contributed by atoms with Crippen molar-refractivity contribution in [1.29, 1.82) is 0 Å². The molecule has 4 rings (SSSR count). The number of hydrogen-bond donors (Lipinski definition) is 1. The van der Waals surface area contributed by atoms with Crippen LogP contribution in [-0.2, 0) is 17.5 Å². The number of carboxylic acid groups (broad SMARTS) is 1. The summed E-state index contributed by atoms with van der Waals surface area (Å²) < 4.78 is 53.7. The number of carbonyl (C=O) groups is 1. The number of rotatable bonds is 8. The minimum atomic E-state index is -4.61. The van der Waals surface area contributed by atoms with Crippen LogP contribution in [0.5, 0.6) is 0 Å². The molecule has 2 atom stereocenters. The summed E-state index contributed by atoms with van der Waals surface area (Å²) in [4.78, 5) is 14.3. The Balaban J connectivity index is 1.66. The van der Waals surface area contributed by atoms with Gasteiger partial charge >= 0.3 is 12.1 Å². The van der Waals surface area contributed by atoms with Crippen LogP contribution in [0.15, 0.2) is 60.7 Å². The normalized spacial score (nSPS) is 17.4. The summed E-state index contributed by atoms with van der Waals surface area (Å²) in [6.07, 6.45) is -2.37. The van der Waals surface area contributed by atoms with Crippen molar-refractivity contribution in [3.63, 3.8) is 0 Å². The fourth-order valence-electron chi connectivity index (χ4n) is 5.51. The summed E-state index contributed by atoms with van der Waals surface area (Å²) in [7, 11) is 0. The zero-order valence-electron chi connectivity index (χ0n) is 22.6. The first-order valence-electron chi connectivity index (χ1n) is 13.4. The Morgan fingerprint density at radius 2 is 1.74 bits per heavy atom. The second-order valence-corrected chi connectivity index (χ2v) is 11.2. The molecule has 2 unspecified atom stereocenters. The lowest BCUT2D eigenvalue weighted by Gasteiger charge is -2.34. The van der Waals surface area contributed by atoms with Crippen molar-refractivity contribution in [3.05, 3.63) is 94.3 Å². The van der Waals surface area contributed by atoms with Crippen molar-refractivity contribution < 1.29 is 27.5 Å². The topological polar surface area (TPSA) is 40.5 Å². The summed E-state index contributed by atoms with van der Waals surface area (Å²) in [6, 6.07) is 16.9. The van der Waals surface area contributed by atoms with Crippen LogP contribution >= 0.6 is 0 Å². The Kier molecular flexibility index (Phi) is 8.80. The first kappa shape index (κ1) is 28.8. The van der Waals surface area contributed by atoms with Crippen LogP contribution in [0.1, 0.15) is 72.8 Å². The summed E-state index contributed by atoms with van der Waals surface area (Å²) in [5.74, 6) is -2.11. The number of likely N-dealkylation sites (tertiary alicyclic amines) is 1. The minimum absolute atomic E-state index is 0.0760. The zero-order valence-corrected chi connectivity index (χ0v) is 22.6. The van der Waals surface area contributed by atoms with Crippen LogP contribution in [0, 0.1) is 18.7 Å². The third-order valence-corrected chi connectivity index (χ3v) is 7.44. The summed E-state index contributed by atoms with van der Waals surface area (Å²) >= 11 is 0. The molecule has 1 N–H and O–H groups in total. The molecule has 0 bridgehead atoms. The standard InChI is InChI=1S/C32H35F4NO2/c1-20(2)11-30(31(38)39)27-15-25(23-8-6-21(3)7-9-23)14-26(16-27)24-5-4-10-37(19-24)18-22-12-28(32(34,35)36)17-29(33)13-22/h6-9,12-17,20,24,30H,4-5,10-11,18-19H2,1-3H3,(H,38,39). The molecule has 0 saturated carbocycles. The largest absolute Gasteiger partial charge is 0.481 e. The molecule has 0 spiro atoms. The SMILES string of the molecule is Cc1ccc(-c2cc(C3CCCN(Cc4cc(F)cc(C(F)(F)F)c4)C3)cc(C(CC(C)C)C(=O)O)c2)cc1. The molecular formula is C32H35F4NO2. The van der Waals surface area contributed by atoms with E-state index in [1.165, 1.54) is 6.07 Å². The van der Waals surface area contributed by atoms with E-state index in [2.05, 4.69) is 11.0 Å². The fourth-order valence-corrected chi connectivity index (χ4v) is 5.51. The van der Waals surface area contributed by atoms with Gasteiger partial charge in [-0.05, 0) is 90.6 Å². The van der Waals surface area contributed by atoms with Crippen LogP contribution in [-0.4, -0.2) is 29.1 Å². The van der Waals surface area contributed by atoms with E-state index in [-0.39, 0.29) is 18.4 Å². The average molecular weight is 542 g/mol. The fraction of sp³-hybridized carbons (Fsp3) is 0.406. The van der Waals surface area contributed by atoms with Crippen molar-refractivity contribution in [2.45, 2.75) is 64.6 Å². The van der Waals surface area contributed by atoms with Gasteiger partial charge in [0.15, 0.2) is 0 Å². The molecular weight excluding hydrogens is 506 g/mol. The number of benzene rings is 3. The van der Waals surface area contributed by atoms with E-state index in [9.17, 15) is 27.5 Å². The highest BCUT2D eigenvalue weighted by Gasteiger charge is 2.32. The molecule has 0 radical (unpaired) electrons. The number of nitrogens with zero attached hydrogens (tertiary/aromatic N) is 1. The Labute approximate surface area is 227 Å². The molecule has 0 aliphatic carbocycles. The van der Waals surface area contributed by atoms with Crippen molar-refractivity contribution in [3.8, 4) is 11.1 Å².